The quantitative estimate of drug-likeness (QED) is 0.777. The second-order valence-electron chi connectivity index (χ2n) is 6.45. The van der Waals surface area contributed by atoms with Crippen molar-refractivity contribution in [3.8, 4) is 11.3 Å². The fraction of sp³-hybridized carbons (Fsp3) is 0.238. The minimum Gasteiger partial charge on any atom is -0.351 e. The van der Waals surface area contributed by atoms with Gasteiger partial charge in [0.05, 0.1) is 16.8 Å². The maximum absolute atomic E-state index is 12.8. The molecule has 4 nitrogen and oxygen atoms in total. The van der Waals surface area contributed by atoms with Gasteiger partial charge in [-0.3, -0.25) is 4.79 Å². The zero-order valence-corrected chi connectivity index (χ0v) is 14.9. The highest BCUT2D eigenvalue weighted by atomic mass is 16.1. The number of para-hydroxylation sites is 1. The molecule has 0 bridgehead atoms. The molecule has 3 rings (SSSR count). The van der Waals surface area contributed by atoms with Crippen molar-refractivity contribution in [1.29, 1.82) is 0 Å². The first kappa shape index (κ1) is 17.1. The average Bonchev–Trinajstić information content (AvgIpc) is 2.60. The van der Waals surface area contributed by atoms with Crippen molar-refractivity contribution in [3.05, 3.63) is 65.7 Å². The number of amides is 1. The molecule has 0 spiro atoms. The van der Waals surface area contributed by atoms with Crippen LogP contribution in [0.4, 0.5) is 0 Å². The molecule has 0 unspecified atom stereocenters. The van der Waals surface area contributed by atoms with E-state index in [1.165, 1.54) is 0 Å². The number of fused-ring (bicyclic) bond motifs is 1. The molecule has 0 aliphatic rings. The van der Waals surface area contributed by atoms with Crippen molar-refractivity contribution >= 4 is 16.8 Å². The van der Waals surface area contributed by atoms with Crippen molar-refractivity contribution in [2.24, 2.45) is 0 Å². The van der Waals surface area contributed by atoms with E-state index in [-0.39, 0.29) is 5.91 Å². The van der Waals surface area contributed by atoms with Crippen LogP contribution in [0.15, 0.2) is 54.6 Å². The van der Waals surface area contributed by atoms with Gasteiger partial charge in [0, 0.05) is 24.0 Å². The lowest BCUT2D eigenvalue weighted by Gasteiger charge is -2.13. The van der Waals surface area contributed by atoms with Gasteiger partial charge in [-0.15, -0.1) is 0 Å². The van der Waals surface area contributed by atoms with Crippen LogP contribution >= 0.6 is 0 Å². The number of hydrogen-bond donors (Lipinski definition) is 1. The fourth-order valence-corrected chi connectivity index (χ4v) is 2.85. The van der Waals surface area contributed by atoms with Gasteiger partial charge in [0.15, 0.2) is 0 Å². The Morgan fingerprint density at radius 1 is 1.08 bits per heavy atom. The number of rotatable bonds is 5. The van der Waals surface area contributed by atoms with Gasteiger partial charge in [0.2, 0.25) is 0 Å². The molecular formula is C21H23N3O. The highest BCUT2D eigenvalue weighted by Crippen LogP contribution is 2.26. The molecule has 3 aromatic rings. The Labute approximate surface area is 148 Å². The van der Waals surface area contributed by atoms with Crippen LogP contribution in [0, 0.1) is 6.92 Å². The first-order chi connectivity index (χ1) is 12.1. The second kappa shape index (κ2) is 7.45. The number of nitrogens with one attached hydrogen (secondary N) is 1. The molecule has 128 valence electrons. The summed E-state index contributed by atoms with van der Waals surface area (Å²) in [7, 11) is 3.98. The SMILES string of the molecule is Cc1ccccc1-c1cc(C(=O)NCCN(C)C)c2ccccc2n1. The van der Waals surface area contributed by atoms with Gasteiger partial charge < -0.3 is 10.2 Å². The molecule has 1 aromatic heterocycles. The van der Waals surface area contributed by atoms with Gasteiger partial charge in [-0.05, 0) is 38.7 Å². The van der Waals surface area contributed by atoms with Gasteiger partial charge >= 0.3 is 0 Å². The number of carbonyl (C=O) groups excluding carboxylic acids is 1. The van der Waals surface area contributed by atoms with Gasteiger partial charge in [0.1, 0.15) is 0 Å². The highest BCUT2D eigenvalue weighted by Gasteiger charge is 2.14. The summed E-state index contributed by atoms with van der Waals surface area (Å²) in [6, 6.07) is 17.8. The summed E-state index contributed by atoms with van der Waals surface area (Å²) in [6.45, 7) is 3.48. The van der Waals surface area contributed by atoms with E-state index in [4.69, 9.17) is 4.98 Å². The Bertz CT molecular complexity index is 903. The molecule has 0 saturated carbocycles. The van der Waals surface area contributed by atoms with Crippen LogP contribution in [-0.2, 0) is 0 Å². The number of carbonyl (C=O) groups is 1. The summed E-state index contributed by atoms with van der Waals surface area (Å²) >= 11 is 0. The molecule has 0 fully saturated rings. The number of benzene rings is 2. The standard InChI is InChI=1S/C21H23N3O/c1-15-8-4-5-9-16(15)20-14-18(21(25)22-12-13-24(2)3)17-10-6-7-11-19(17)23-20/h4-11,14H,12-13H2,1-3H3,(H,22,25). The van der Waals surface area contributed by atoms with Gasteiger partial charge in [-0.2, -0.15) is 0 Å². The largest absolute Gasteiger partial charge is 0.351 e. The van der Waals surface area contributed by atoms with E-state index in [9.17, 15) is 4.79 Å². The predicted molar refractivity (Wildman–Crippen MR) is 103 cm³/mol. The molecule has 1 heterocycles. The van der Waals surface area contributed by atoms with Crippen LogP contribution < -0.4 is 5.32 Å². The smallest absolute Gasteiger partial charge is 0.252 e. The molecule has 0 saturated heterocycles. The third-order valence-electron chi connectivity index (χ3n) is 4.23. The zero-order valence-electron chi connectivity index (χ0n) is 14.9. The predicted octanol–water partition coefficient (Wildman–Crippen LogP) is 3.50. The number of pyridine rings is 1. The minimum absolute atomic E-state index is 0.0599. The topological polar surface area (TPSA) is 45.2 Å². The Morgan fingerprint density at radius 3 is 2.56 bits per heavy atom. The Morgan fingerprint density at radius 2 is 1.80 bits per heavy atom. The molecule has 2 aromatic carbocycles. The second-order valence-corrected chi connectivity index (χ2v) is 6.45. The third-order valence-corrected chi connectivity index (χ3v) is 4.23. The molecular weight excluding hydrogens is 310 g/mol. The number of likely N-dealkylation sites (N-methyl/N-ethyl adjacent to an activating group) is 1. The van der Waals surface area contributed by atoms with Crippen LogP contribution in [-0.4, -0.2) is 43.0 Å². The van der Waals surface area contributed by atoms with Crippen molar-refractivity contribution in [1.82, 2.24) is 15.2 Å². The average molecular weight is 333 g/mol. The zero-order chi connectivity index (χ0) is 17.8. The lowest BCUT2D eigenvalue weighted by Crippen LogP contribution is -2.31. The lowest BCUT2D eigenvalue weighted by molar-refractivity contribution is 0.0952. The van der Waals surface area contributed by atoms with Crippen LogP contribution in [0.25, 0.3) is 22.2 Å². The summed E-state index contributed by atoms with van der Waals surface area (Å²) in [5.41, 5.74) is 4.53. The molecule has 1 amide bonds. The maximum atomic E-state index is 12.8. The minimum atomic E-state index is -0.0599. The van der Waals surface area contributed by atoms with E-state index in [0.29, 0.717) is 12.1 Å². The normalized spacial score (nSPS) is 11.0. The van der Waals surface area contributed by atoms with E-state index in [2.05, 4.69) is 18.3 Å². The summed E-state index contributed by atoms with van der Waals surface area (Å²) in [5.74, 6) is -0.0599. The third kappa shape index (κ3) is 3.86. The molecule has 0 atom stereocenters. The molecule has 0 aliphatic heterocycles. The monoisotopic (exact) mass is 333 g/mol. The lowest BCUT2D eigenvalue weighted by atomic mass is 10.0. The van der Waals surface area contributed by atoms with Crippen LogP contribution in [0.1, 0.15) is 15.9 Å². The van der Waals surface area contributed by atoms with Gasteiger partial charge in [-0.25, -0.2) is 4.98 Å². The van der Waals surface area contributed by atoms with Crippen LogP contribution in [0.5, 0.6) is 0 Å². The molecule has 0 radical (unpaired) electrons. The van der Waals surface area contributed by atoms with Gasteiger partial charge in [0.25, 0.3) is 5.91 Å². The number of aryl methyl sites for hydroxylation is 1. The summed E-state index contributed by atoms with van der Waals surface area (Å²) < 4.78 is 0. The maximum Gasteiger partial charge on any atom is 0.252 e. The Hall–Kier alpha value is -2.72. The van der Waals surface area contributed by atoms with Gasteiger partial charge in [-0.1, -0.05) is 42.5 Å². The van der Waals surface area contributed by atoms with E-state index in [1.807, 2.05) is 67.5 Å². The van der Waals surface area contributed by atoms with E-state index in [1.54, 1.807) is 0 Å². The van der Waals surface area contributed by atoms with E-state index in [0.717, 1.165) is 34.3 Å². The first-order valence-corrected chi connectivity index (χ1v) is 8.45. The Kier molecular flexibility index (Phi) is 5.10. The van der Waals surface area contributed by atoms with E-state index < -0.39 is 0 Å². The molecule has 0 aliphatic carbocycles. The van der Waals surface area contributed by atoms with Crippen LogP contribution in [0.3, 0.4) is 0 Å². The summed E-state index contributed by atoms with van der Waals surface area (Å²) in [6.07, 6.45) is 0. The van der Waals surface area contributed by atoms with Crippen LogP contribution in [0.2, 0.25) is 0 Å². The highest BCUT2D eigenvalue weighted by molar-refractivity contribution is 6.07. The first-order valence-electron chi connectivity index (χ1n) is 8.45. The summed E-state index contributed by atoms with van der Waals surface area (Å²) in [5, 5.41) is 3.88. The Balaban J connectivity index is 2.04. The molecule has 4 heteroatoms. The molecule has 1 N–H and O–H groups in total. The number of hydrogen-bond acceptors (Lipinski definition) is 3. The van der Waals surface area contributed by atoms with E-state index >= 15 is 0 Å². The fourth-order valence-electron chi connectivity index (χ4n) is 2.85. The molecule has 25 heavy (non-hydrogen) atoms. The number of nitrogens with zero attached hydrogens (tertiary/aromatic N) is 2. The van der Waals surface area contributed by atoms with Crippen molar-refractivity contribution in [2.45, 2.75) is 6.92 Å². The van der Waals surface area contributed by atoms with Crippen molar-refractivity contribution in [2.75, 3.05) is 27.2 Å². The van der Waals surface area contributed by atoms with Crippen molar-refractivity contribution < 1.29 is 4.79 Å². The van der Waals surface area contributed by atoms with Crippen molar-refractivity contribution in [3.63, 3.8) is 0 Å². The number of aromatic nitrogens is 1. The summed E-state index contributed by atoms with van der Waals surface area (Å²) in [4.78, 5) is 19.6.